The van der Waals surface area contributed by atoms with Crippen molar-refractivity contribution >= 4 is 34.1 Å². The molecule has 1 N–H and O–H groups in total. The second kappa shape index (κ2) is 9.07. The van der Waals surface area contributed by atoms with Crippen LogP contribution in [0.5, 0.6) is 0 Å². The molecule has 2 rings (SSSR count). The molecular formula is C21H32N2O4S. The van der Waals surface area contributed by atoms with E-state index in [0.29, 0.717) is 49.5 Å². The summed E-state index contributed by atoms with van der Waals surface area (Å²) in [6.07, 6.45) is 1.97. The Morgan fingerprint density at radius 2 is 1.79 bits per heavy atom. The highest BCUT2D eigenvalue weighted by Crippen LogP contribution is 2.35. The minimum atomic E-state index is -0.408. The summed E-state index contributed by atoms with van der Waals surface area (Å²) in [6.45, 7) is 12.9. The van der Waals surface area contributed by atoms with Crippen LogP contribution in [0.4, 0.5) is 5.00 Å². The molecule has 6 nitrogen and oxygen atoms in total. The monoisotopic (exact) mass is 408 g/mol. The van der Waals surface area contributed by atoms with E-state index in [-0.39, 0.29) is 23.7 Å². The molecular weight excluding hydrogens is 376 g/mol. The third kappa shape index (κ3) is 4.93. The van der Waals surface area contributed by atoms with Crippen LogP contribution in [0.15, 0.2) is 0 Å². The van der Waals surface area contributed by atoms with E-state index in [1.165, 1.54) is 11.3 Å². The molecule has 0 aliphatic carbocycles. The molecule has 0 bridgehead atoms. The van der Waals surface area contributed by atoms with E-state index >= 15 is 0 Å². The first-order valence-corrected chi connectivity index (χ1v) is 10.8. The van der Waals surface area contributed by atoms with Crippen LogP contribution >= 0.6 is 11.3 Å². The van der Waals surface area contributed by atoms with Gasteiger partial charge in [-0.3, -0.25) is 9.59 Å². The molecule has 0 radical (unpaired) electrons. The van der Waals surface area contributed by atoms with Crippen molar-refractivity contribution in [3.05, 3.63) is 16.0 Å². The summed E-state index contributed by atoms with van der Waals surface area (Å²) in [5.41, 5.74) is 1.01. The van der Waals surface area contributed by atoms with Gasteiger partial charge in [-0.25, -0.2) is 4.79 Å². The molecule has 156 valence electrons. The van der Waals surface area contributed by atoms with Crippen LogP contribution in [0.25, 0.3) is 0 Å². The maximum Gasteiger partial charge on any atom is 0.341 e. The summed E-state index contributed by atoms with van der Waals surface area (Å²) in [4.78, 5) is 40.5. The number of amides is 2. The second-order valence-electron chi connectivity index (χ2n) is 8.22. The highest BCUT2D eigenvalue weighted by atomic mass is 32.1. The van der Waals surface area contributed by atoms with Gasteiger partial charge in [0.25, 0.3) is 0 Å². The maximum atomic E-state index is 12.8. The Hall–Kier alpha value is -1.89. The lowest BCUT2D eigenvalue weighted by Gasteiger charge is -2.35. The zero-order valence-electron chi connectivity index (χ0n) is 17.8. The number of esters is 1. The summed E-state index contributed by atoms with van der Waals surface area (Å²) in [7, 11) is 0. The molecule has 2 heterocycles. The molecule has 7 heteroatoms. The van der Waals surface area contributed by atoms with Crippen LogP contribution in [0, 0.1) is 18.3 Å². The van der Waals surface area contributed by atoms with Gasteiger partial charge in [0.2, 0.25) is 11.8 Å². The summed E-state index contributed by atoms with van der Waals surface area (Å²) in [5, 5.41) is 3.54. The minimum Gasteiger partial charge on any atom is -0.462 e. The molecule has 0 atom stereocenters. The van der Waals surface area contributed by atoms with Crippen molar-refractivity contribution in [2.45, 2.75) is 60.8 Å². The number of ether oxygens (including phenoxy) is 1. The lowest BCUT2D eigenvalue weighted by Crippen LogP contribution is -2.45. The fourth-order valence-electron chi connectivity index (χ4n) is 3.54. The van der Waals surface area contributed by atoms with Crippen LogP contribution in [0.2, 0.25) is 0 Å². The van der Waals surface area contributed by atoms with E-state index in [4.69, 9.17) is 4.74 Å². The van der Waals surface area contributed by atoms with Crippen LogP contribution in [0.1, 0.15) is 68.3 Å². The normalized spacial score (nSPS) is 15.4. The van der Waals surface area contributed by atoms with Gasteiger partial charge in [0.05, 0.1) is 12.2 Å². The predicted molar refractivity (Wildman–Crippen MR) is 112 cm³/mol. The quantitative estimate of drug-likeness (QED) is 0.747. The van der Waals surface area contributed by atoms with Gasteiger partial charge in [-0.2, -0.15) is 0 Å². The molecule has 1 saturated heterocycles. The van der Waals surface area contributed by atoms with Gasteiger partial charge in [0.15, 0.2) is 0 Å². The maximum absolute atomic E-state index is 12.8. The minimum absolute atomic E-state index is 0.0858. The number of hydrogen-bond acceptors (Lipinski definition) is 5. The molecule has 1 aromatic rings. The van der Waals surface area contributed by atoms with Crippen molar-refractivity contribution < 1.29 is 19.1 Å². The Bertz CT molecular complexity index is 740. The molecule has 1 aliphatic rings. The fourth-order valence-corrected chi connectivity index (χ4v) is 4.68. The smallest absolute Gasteiger partial charge is 0.341 e. The zero-order valence-corrected chi connectivity index (χ0v) is 18.6. The standard InChI is InChI=1S/C21H32N2O4S/c1-7-15-13(3)28-18(16(15)19(25)27-8-2)22-17(24)14-9-11-23(12-10-14)20(26)21(4,5)6/h14H,7-12H2,1-6H3,(H,22,24). The van der Waals surface area contributed by atoms with Crippen molar-refractivity contribution in [3.63, 3.8) is 0 Å². The summed E-state index contributed by atoms with van der Waals surface area (Å²) >= 11 is 1.42. The lowest BCUT2D eigenvalue weighted by molar-refractivity contribution is -0.142. The van der Waals surface area contributed by atoms with E-state index in [1.807, 2.05) is 39.5 Å². The fraction of sp³-hybridized carbons (Fsp3) is 0.667. The van der Waals surface area contributed by atoms with Crippen LogP contribution in [0.3, 0.4) is 0 Å². The Kier molecular flexibility index (Phi) is 7.26. The third-order valence-electron chi connectivity index (χ3n) is 5.07. The average molecular weight is 409 g/mol. The number of carbonyl (C=O) groups excluding carboxylic acids is 3. The number of nitrogens with one attached hydrogen (secondary N) is 1. The van der Waals surface area contributed by atoms with Crippen molar-refractivity contribution in [1.82, 2.24) is 4.90 Å². The Balaban J connectivity index is 2.08. The SMILES string of the molecule is CCOC(=O)c1c(NC(=O)C2CCN(C(=O)C(C)(C)C)CC2)sc(C)c1CC. The van der Waals surface area contributed by atoms with Crippen molar-refractivity contribution in [2.75, 3.05) is 25.0 Å². The zero-order chi connectivity index (χ0) is 21.1. The van der Waals surface area contributed by atoms with Gasteiger partial charge < -0.3 is 15.0 Å². The summed E-state index contributed by atoms with van der Waals surface area (Å²) in [5.74, 6) is -0.508. The molecule has 2 amide bonds. The highest BCUT2D eigenvalue weighted by molar-refractivity contribution is 7.16. The van der Waals surface area contributed by atoms with E-state index in [9.17, 15) is 14.4 Å². The van der Waals surface area contributed by atoms with E-state index in [1.54, 1.807) is 6.92 Å². The van der Waals surface area contributed by atoms with E-state index < -0.39 is 5.41 Å². The van der Waals surface area contributed by atoms with Gasteiger partial charge in [-0.15, -0.1) is 11.3 Å². The second-order valence-corrected chi connectivity index (χ2v) is 9.45. The molecule has 0 aromatic carbocycles. The third-order valence-corrected chi connectivity index (χ3v) is 6.14. The lowest BCUT2D eigenvalue weighted by atomic mass is 9.90. The highest BCUT2D eigenvalue weighted by Gasteiger charge is 2.33. The first-order chi connectivity index (χ1) is 13.1. The first kappa shape index (κ1) is 22.4. The van der Waals surface area contributed by atoms with Gasteiger partial charge in [-0.05, 0) is 38.7 Å². The molecule has 0 saturated carbocycles. The van der Waals surface area contributed by atoms with Gasteiger partial charge >= 0.3 is 5.97 Å². The Labute approximate surface area is 171 Å². The van der Waals surface area contributed by atoms with Crippen LogP contribution < -0.4 is 5.32 Å². The number of nitrogens with zero attached hydrogens (tertiary/aromatic N) is 1. The Morgan fingerprint density at radius 1 is 1.18 bits per heavy atom. The topological polar surface area (TPSA) is 75.7 Å². The summed E-state index contributed by atoms with van der Waals surface area (Å²) < 4.78 is 5.20. The van der Waals surface area contributed by atoms with Crippen molar-refractivity contribution in [3.8, 4) is 0 Å². The first-order valence-electron chi connectivity index (χ1n) is 9.99. The molecule has 1 aromatic heterocycles. The van der Waals surface area contributed by atoms with Crippen LogP contribution in [-0.4, -0.2) is 42.4 Å². The number of anilines is 1. The van der Waals surface area contributed by atoms with E-state index in [2.05, 4.69) is 5.32 Å². The number of rotatable bonds is 5. The molecule has 0 unspecified atom stereocenters. The Morgan fingerprint density at radius 3 is 2.29 bits per heavy atom. The molecule has 1 aliphatic heterocycles. The number of carbonyl (C=O) groups is 3. The predicted octanol–water partition coefficient (Wildman–Crippen LogP) is 4.02. The number of hydrogen-bond donors (Lipinski definition) is 1. The molecule has 0 spiro atoms. The molecule has 28 heavy (non-hydrogen) atoms. The summed E-state index contributed by atoms with van der Waals surface area (Å²) in [6, 6.07) is 0. The number of piperidine rings is 1. The van der Waals surface area contributed by atoms with Gasteiger partial charge in [0, 0.05) is 29.3 Å². The number of likely N-dealkylation sites (tertiary alicyclic amines) is 1. The van der Waals surface area contributed by atoms with Gasteiger partial charge in [0.1, 0.15) is 5.00 Å². The largest absolute Gasteiger partial charge is 0.462 e. The number of aryl methyl sites for hydroxylation is 1. The number of thiophene rings is 1. The van der Waals surface area contributed by atoms with Gasteiger partial charge in [-0.1, -0.05) is 27.7 Å². The van der Waals surface area contributed by atoms with Crippen LogP contribution in [-0.2, 0) is 20.7 Å². The average Bonchev–Trinajstić information content (AvgIpc) is 2.95. The van der Waals surface area contributed by atoms with E-state index in [0.717, 1.165) is 10.4 Å². The van der Waals surface area contributed by atoms with Crippen molar-refractivity contribution in [2.24, 2.45) is 11.3 Å². The van der Waals surface area contributed by atoms with Crippen molar-refractivity contribution in [1.29, 1.82) is 0 Å². The molecule has 1 fully saturated rings.